The Balaban J connectivity index is 1.87. The first-order chi connectivity index (χ1) is 11.1. The number of benzene rings is 2. The van der Waals surface area contributed by atoms with Crippen LogP contribution in [0.25, 0.3) is 5.57 Å². The van der Waals surface area contributed by atoms with Crippen molar-refractivity contribution < 1.29 is 14.7 Å². The third-order valence-corrected chi connectivity index (χ3v) is 4.44. The fraction of sp³-hybridized carbons (Fsp3) is 0.0588. The van der Waals surface area contributed by atoms with Crippen molar-refractivity contribution in [3.05, 3.63) is 59.9 Å². The molecule has 3 rings (SSSR count). The number of hydrogen-bond acceptors (Lipinski definition) is 4. The standard InChI is InChI=1S/C17H14N2O3S/c1-18-16(21)10-3-2-4-11(7-10)23-12-5-6-13-14(9-20)17(22)19-15(13)8-12/h2-9,20H,1H3,(H,18,21)(H,19,22)/b14-9-. The number of anilines is 1. The van der Waals surface area contributed by atoms with E-state index in [9.17, 15) is 9.59 Å². The molecule has 116 valence electrons. The van der Waals surface area contributed by atoms with Gasteiger partial charge in [-0.15, -0.1) is 0 Å². The van der Waals surface area contributed by atoms with Gasteiger partial charge in [-0.1, -0.05) is 23.9 Å². The minimum atomic E-state index is -0.314. The second kappa shape index (κ2) is 6.18. The highest BCUT2D eigenvalue weighted by Crippen LogP contribution is 2.37. The van der Waals surface area contributed by atoms with E-state index in [1.54, 1.807) is 19.2 Å². The summed E-state index contributed by atoms with van der Waals surface area (Å²) in [6.45, 7) is 0. The lowest BCUT2D eigenvalue weighted by atomic mass is 10.1. The van der Waals surface area contributed by atoms with E-state index in [2.05, 4.69) is 10.6 Å². The second-order valence-electron chi connectivity index (χ2n) is 4.91. The average Bonchev–Trinajstić information content (AvgIpc) is 2.88. The van der Waals surface area contributed by atoms with E-state index >= 15 is 0 Å². The molecule has 0 spiro atoms. The molecular weight excluding hydrogens is 312 g/mol. The molecule has 0 saturated heterocycles. The zero-order chi connectivity index (χ0) is 16.4. The SMILES string of the molecule is CNC(=O)c1cccc(Sc2ccc3c(c2)NC(=O)/C3=C\O)c1. The van der Waals surface area contributed by atoms with E-state index in [1.807, 2.05) is 30.3 Å². The van der Waals surface area contributed by atoms with Crippen molar-refractivity contribution in [2.24, 2.45) is 0 Å². The Labute approximate surface area is 137 Å². The first kappa shape index (κ1) is 15.2. The summed E-state index contributed by atoms with van der Waals surface area (Å²) in [7, 11) is 1.59. The lowest BCUT2D eigenvalue weighted by Gasteiger charge is -2.06. The Morgan fingerprint density at radius 1 is 1.22 bits per heavy atom. The van der Waals surface area contributed by atoms with Gasteiger partial charge in [-0.3, -0.25) is 9.59 Å². The molecular formula is C17H14N2O3S. The molecule has 2 aromatic rings. The molecule has 0 aromatic heterocycles. The highest BCUT2D eigenvalue weighted by molar-refractivity contribution is 7.99. The van der Waals surface area contributed by atoms with E-state index in [4.69, 9.17) is 5.11 Å². The molecule has 0 aliphatic carbocycles. The van der Waals surface area contributed by atoms with Gasteiger partial charge in [0, 0.05) is 28.0 Å². The van der Waals surface area contributed by atoms with Gasteiger partial charge in [0.2, 0.25) is 0 Å². The lowest BCUT2D eigenvalue weighted by molar-refractivity contribution is -0.110. The summed E-state index contributed by atoms with van der Waals surface area (Å²) < 4.78 is 0. The van der Waals surface area contributed by atoms with Crippen LogP contribution >= 0.6 is 11.8 Å². The summed E-state index contributed by atoms with van der Waals surface area (Å²) in [6.07, 6.45) is 0.820. The van der Waals surface area contributed by atoms with Crippen molar-refractivity contribution in [2.75, 3.05) is 12.4 Å². The number of carbonyl (C=O) groups excluding carboxylic acids is 2. The number of aliphatic hydroxyl groups is 1. The summed E-state index contributed by atoms with van der Waals surface area (Å²) in [4.78, 5) is 25.2. The molecule has 1 aliphatic heterocycles. The summed E-state index contributed by atoms with van der Waals surface area (Å²) in [5.41, 5.74) is 2.21. The first-order valence-electron chi connectivity index (χ1n) is 6.92. The molecule has 2 amide bonds. The highest BCUT2D eigenvalue weighted by atomic mass is 32.2. The number of aliphatic hydroxyl groups excluding tert-OH is 1. The Morgan fingerprint density at radius 3 is 2.74 bits per heavy atom. The molecule has 5 nitrogen and oxygen atoms in total. The van der Waals surface area contributed by atoms with Gasteiger partial charge in [-0.25, -0.2) is 0 Å². The van der Waals surface area contributed by atoms with E-state index in [0.29, 0.717) is 16.8 Å². The van der Waals surface area contributed by atoms with Gasteiger partial charge < -0.3 is 15.7 Å². The van der Waals surface area contributed by atoms with Gasteiger partial charge >= 0.3 is 0 Å². The van der Waals surface area contributed by atoms with Crippen LogP contribution in [-0.2, 0) is 4.79 Å². The van der Waals surface area contributed by atoms with Gasteiger partial charge in [0.1, 0.15) is 0 Å². The second-order valence-corrected chi connectivity index (χ2v) is 6.06. The van der Waals surface area contributed by atoms with Crippen LogP contribution in [0, 0.1) is 0 Å². The van der Waals surface area contributed by atoms with E-state index < -0.39 is 0 Å². The zero-order valence-electron chi connectivity index (χ0n) is 12.3. The average molecular weight is 326 g/mol. The van der Waals surface area contributed by atoms with Gasteiger partial charge in [-0.05, 0) is 30.3 Å². The molecule has 0 saturated carbocycles. The molecule has 0 atom stereocenters. The summed E-state index contributed by atoms with van der Waals surface area (Å²) in [5, 5.41) is 14.4. The molecule has 0 bridgehead atoms. The molecule has 0 fully saturated rings. The van der Waals surface area contributed by atoms with Crippen molar-refractivity contribution in [1.29, 1.82) is 0 Å². The van der Waals surface area contributed by atoms with E-state index in [-0.39, 0.29) is 17.4 Å². The zero-order valence-corrected chi connectivity index (χ0v) is 13.1. The number of hydrogen-bond donors (Lipinski definition) is 3. The number of fused-ring (bicyclic) bond motifs is 1. The topological polar surface area (TPSA) is 78.4 Å². The first-order valence-corrected chi connectivity index (χ1v) is 7.74. The van der Waals surface area contributed by atoms with Crippen LogP contribution in [0.5, 0.6) is 0 Å². The fourth-order valence-corrected chi connectivity index (χ4v) is 3.26. The van der Waals surface area contributed by atoms with Crippen molar-refractivity contribution in [3.63, 3.8) is 0 Å². The third kappa shape index (κ3) is 2.93. The quantitative estimate of drug-likeness (QED) is 0.598. The van der Waals surface area contributed by atoms with E-state index in [0.717, 1.165) is 16.1 Å². The maximum absolute atomic E-state index is 11.7. The Hall–Kier alpha value is -2.73. The Bertz CT molecular complexity index is 830. The van der Waals surface area contributed by atoms with E-state index in [1.165, 1.54) is 11.8 Å². The minimum Gasteiger partial charge on any atom is -0.515 e. The van der Waals surface area contributed by atoms with Crippen molar-refractivity contribution in [2.45, 2.75) is 9.79 Å². The van der Waals surface area contributed by atoms with Crippen molar-refractivity contribution in [3.8, 4) is 0 Å². The summed E-state index contributed by atoms with van der Waals surface area (Å²) in [5.74, 6) is -0.447. The summed E-state index contributed by atoms with van der Waals surface area (Å²) in [6, 6.07) is 12.8. The number of carbonyl (C=O) groups is 2. The van der Waals surface area contributed by atoms with Gasteiger partial charge in [0.15, 0.2) is 0 Å². The van der Waals surface area contributed by atoms with Crippen LogP contribution in [-0.4, -0.2) is 24.0 Å². The molecule has 1 heterocycles. The van der Waals surface area contributed by atoms with Crippen molar-refractivity contribution in [1.82, 2.24) is 5.32 Å². The highest BCUT2D eigenvalue weighted by Gasteiger charge is 2.24. The molecule has 3 N–H and O–H groups in total. The van der Waals surface area contributed by atoms with Crippen LogP contribution in [0.1, 0.15) is 15.9 Å². The summed E-state index contributed by atoms with van der Waals surface area (Å²) >= 11 is 1.49. The smallest absolute Gasteiger partial charge is 0.259 e. The third-order valence-electron chi connectivity index (χ3n) is 3.46. The number of rotatable bonds is 3. The van der Waals surface area contributed by atoms with Crippen LogP contribution in [0.2, 0.25) is 0 Å². The minimum absolute atomic E-state index is 0.133. The van der Waals surface area contributed by atoms with Gasteiger partial charge in [0.05, 0.1) is 17.5 Å². The number of amides is 2. The largest absolute Gasteiger partial charge is 0.515 e. The Morgan fingerprint density at radius 2 is 2.00 bits per heavy atom. The van der Waals surface area contributed by atoms with Crippen LogP contribution in [0.4, 0.5) is 5.69 Å². The normalized spacial score (nSPS) is 14.5. The monoisotopic (exact) mass is 326 g/mol. The molecule has 6 heteroatoms. The molecule has 23 heavy (non-hydrogen) atoms. The van der Waals surface area contributed by atoms with Crippen LogP contribution in [0.15, 0.2) is 58.5 Å². The number of nitrogens with one attached hydrogen (secondary N) is 2. The van der Waals surface area contributed by atoms with Gasteiger partial charge in [-0.2, -0.15) is 0 Å². The van der Waals surface area contributed by atoms with Crippen LogP contribution in [0.3, 0.4) is 0 Å². The molecule has 0 unspecified atom stereocenters. The van der Waals surface area contributed by atoms with Crippen molar-refractivity contribution >= 4 is 34.8 Å². The maximum atomic E-state index is 11.7. The predicted molar refractivity (Wildman–Crippen MR) is 89.6 cm³/mol. The predicted octanol–water partition coefficient (Wildman–Crippen LogP) is 3.05. The lowest BCUT2D eigenvalue weighted by Crippen LogP contribution is -2.17. The maximum Gasteiger partial charge on any atom is 0.259 e. The van der Waals surface area contributed by atoms with Crippen LogP contribution < -0.4 is 10.6 Å². The molecule has 0 radical (unpaired) electrons. The molecule has 1 aliphatic rings. The Kier molecular flexibility index (Phi) is 4.08. The van der Waals surface area contributed by atoms with Gasteiger partial charge in [0.25, 0.3) is 11.8 Å². The molecule has 2 aromatic carbocycles. The fourth-order valence-electron chi connectivity index (χ4n) is 2.35.